The third-order valence-corrected chi connectivity index (χ3v) is 5.42. The van der Waals surface area contributed by atoms with Crippen molar-refractivity contribution in [1.82, 2.24) is 20.4 Å². The van der Waals surface area contributed by atoms with Crippen molar-refractivity contribution in [2.45, 2.75) is 33.2 Å². The number of likely N-dealkylation sites (N-methyl/N-ethyl adjacent to an activating group) is 1. The van der Waals surface area contributed by atoms with Crippen LogP contribution in [0.2, 0.25) is 0 Å². The minimum atomic E-state index is -2.85. The molecule has 2 aromatic carbocycles. The average Bonchev–Trinajstić information content (AvgIpc) is 2.79. The highest BCUT2D eigenvalue weighted by Gasteiger charge is 2.13. The zero-order chi connectivity index (χ0) is 22.8. The maximum atomic E-state index is 12.6. The molecule has 0 unspecified atom stereocenters. The highest BCUT2D eigenvalue weighted by molar-refractivity contribution is 14.0. The molecule has 0 aliphatic carbocycles. The lowest BCUT2D eigenvalue weighted by Gasteiger charge is -2.32. The van der Waals surface area contributed by atoms with Gasteiger partial charge in [0.2, 0.25) is 0 Å². The first-order chi connectivity index (χ1) is 15.5. The van der Waals surface area contributed by atoms with Gasteiger partial charge in [-0.15, -0.1) is 24.0 Å². The lowest BCUT2D eigenvalue weighted by atomic mass is 10.1. The monoisotopic (exact) mass is 573 g/mol. The number of alkyl halides is 2. The van der Waals surface area contributed by atoms with Crippen LogP contribution in [0.3, 0.4) is 0 Å². The van der Waals surface area contributed by atoms with Gasteiger partial charge in [-0.25, -0.2) is 4.99 Å². The number of nitrogens with one attached hydrogen (secondary N) is 2. The van der Waals surface area contributed by atoms with E-state index in [2.05, 4.69) is 61.5 Å². The second-order valence-electron chi connectivity index (χ2n) is 7.93. The van der Waals surface area contributed by atoms with E-state index in [0.29, 0.717) is 31.2 Å². The molecule has 0 radical (unpaired) electrons. The van der Waals surface area contributed by atoms with E-state index in [0.717, 1.165) is 38.3 Å². The van der Waals surface area contributed by atoms with Crippen molar-refractivity contribution in [3.63, 3.8) is 0 Å². The number of ether oxygens (including phenoxy) is 1. The summed E-state index contributed by atoms with van der Waals surface area (Å²) in [6, 6.07) is 15.3. The molecule has 2 N–H and O–H groups in total. The SMILES string of the molecule is CCNC(=NCc1ccc(CN2CCN(C)CC2)cc1)NCc1ccccc1OC(F)F.I. The molecule has 0 saturated carbocycles. The smallest absolute Gasteiger partial charge is 0.387 e. The average molecular weight is 573 g/mol. The minimum Gasteiger partial charge on any atom is -0.434 e. The summed E-state index contributed by atoms with van der Waals surface area (Å²) in [5.74, 6) is 0.794. The van der Waals surface area contributed by atoms with E-state index >= 15 is 0 Å². The summed E-state index contributed by atoms with van der Waals surface area (Å²) in [5.41, 5.74) is 3.07. The molecule has 3 rings (SSSR count). The van der Waals surface area contributed by atoms with Crippen molar-refractivity contribution in [1.29, 1.82) is 0 Å². The second-order valence-corrected chi connectivity index (χ2v) is 7.93. The first-order valence-electron chi connectivity index (χ1n) is 11.1. The fraction of sp³-hybridized carbons (Fsp3) is 0.458. The molecular weight excluding hydrogens is 539 g/mol. The van der Waals surface area contributed by atoms with Crippen LogP contribution >= 0.6 is 24.0 Å². The predicted molar refractivity (Wildman–Crippen MR) is 139 cm³/mol. The Bertz CT molecular complexity index is 858. The van der Waals surface area contributed by atoms with Crippen molar-refractivity contribution in [2.24, 2.45) is 4.99 Å². The van der Waals surface area contributed by atoms with E-state index in [1.807, 2.05) is 6.92 Å². The Balaban J connectivity index is 0.00000385. The zero-order valence-electron chi connectivity index (χ0n) is 19.3. The molecule has 0 bridgehead atoms. The lowest BCUT2D eigenvalue weighted by Crippen LogP contribution is -2.43. The maximum Gasteiger partial charge on any atom is 0.387 e. The van der Waals surface area contributed by atoms with Crippen molar-refractivity contribution in [2.75, 3.05) is 39.8 Å². The topological polar surface area (TPSA) is 52.1 Å². The number of hydrogen-bond acceptors (Lipinski definition) is 4. The summed E-state index contributed by atoms with van der Waals surface area (Å²) in [6.45, 7) is 6.11. The van der Waals surface area contributed by atoms with Gasteiger partial charge in [0.05, 0.1) is 6.54 Å². The van der Waals surface area contributed by atoms with Crippen LogP contribution in [0.5, 0.6) is 5.75 Å². The molecule has 1 heterocycles. The van der Waals surface area contributed by atoms with Crippen molar-refractivity contribution in [3.8, 4) is 5.75 Å². The largest absolute Gasteiger partial charge is 0.434 e. The molecule has 1 saturated heterocycles. The first-order valence-corrected chi connectivity index (χ1v) is 11.1. The Kier molecular flexibility index (Phi) is 11.8. The van der Waals surface area contributed by atoms with Crippen LogP contribution in [0.4, 0.5) is 8.78 Å². The molecular formula is C24H34F2IN5O. The Hall–Kier alpha value is -1.98. The minimum absolute atomic E-state index is 0. The van der Waals surface area contributed by atoms with Crippen molar-refractivity contribution in [3.05, 3.63) is 65.2 Å². The standard InChI is InChI=1S/C24H33F2N5O.HI/c1-3-27-24(29-17-21-6-4-5-7-22(21)32-23(25)26)28-16-19-8-10-20(11-9-19)18-31-14-12-30(2)13-15-31;/h4-11,23H,3,12-18H2,1-2H3,(H2,27,28,29);1H. The first kappa shape index (κ1) is 27.3. The van der Waals surface area contributed by atoms with Crippen LogP contribution in [-0.2, 0) is 19.6 Å². The van der Waals surface area contributed by atoms with Crippen LogP contribution < -0.4 is 15.4 Å². The number of piperazine rings is 1. The predicted octanol–water partition coefficient (Wildman–Crippen LogP) is 3.91. The van der Waals surface area contributed by atoms with E-state index < -0.39 is 6.61 Å². The molecule has 0 aromatic heterocycles. The molecule has 6 nitrogen and oxygen atoms in total. The van der Waals surface area contributed by atoms with E-state index in [1.54, 1.807) is 18.2 Å². The van der Waals surface area contributed by atoms with Gasteiger partial charge in [0, 0.05) is 51.4 Å². The molecule has 0 spiro atoms. The summed E-state index contributed by atoms with van der Waals surface area (Å²) in [5, 5.41) is 6.39. The van der Waals surface area contributed by atoms with Gasteiger partial charge in [-0.05, 0) is 31.2 Å². The molecule has 33 heavy (non-hydrogen) atoms. The molecule has 9 heteroatoms. The molecule has 1 fully saturated rings. The molecule has 0 atom stereocenters. The maximum absolute atomic E-state index is 12.6. The van der Waals surface area contributed by atoms with Crippen molar-refractivity contribution < 1.29 is 13.5 Å². The van der Waals surface area contributed by atoms with Gasteiger partial charge < -0.3 is 20.3 Å². The second kappa shape index (κ2) is 14.3. The number of guanidine groups is 1. The number of halogens is 3. The van der Waals surface area contributed by atoms with E-state index in [9.17, 15) is 8.78 Å². The molecule has 1 aliphatic rings. The van der Waals surface area contributed by atoms with Gasteiger partial charge in [0.15, 0.2) is 5.96 Å². The molecule has 182 valence electrons. The highest BCUT2D eigenvalue weighted by Crippen LogP contribution is 2.20. The van der Waals surface area contributed by atoms with Gasteiger partial charge in [-0.3, -0.25) is 4.90 Å². The van der Waals surface area contributed by atoms with E-state index in [4.69, 9.17) is 0 Å². The van der Waals surface area contributed by atoms with Crippen LogP contribution in [0.1, 0.15) is 23.6 Å². The van der Waals surface area contributed by atoms with E-state index in [-0.39, 0.29) is 29.7 Å². The molecule has 2 aromatic rings. The van der Waals surface area contributed by atoms with Crippen LogP contribution in [0, 0.1) is 0 Å². The number of hydrogen-bond donors (Lipinski definition) is 2. The third-order valence-electron chi connectivity index (χ3n) is 5.42. The third kappa shape index (κ3) is 9.42. The number of para-hydroxylation sites is 1. The Morgan fingerprint density at radius 1 is 1.00 bits per heavy atom. The van der Waals surface area contributed by atoms with E-state index in [1.165, 1.54) is 11.6 Å². The Morgan fingerprint density at radius 3 is 2.33 bits per heavy atom. The lowest BCUT2D eigenvalue weighted by molar-refractivity contribution is -0.0504. The van der Waals surface area contributed by atoms with Crippen molar-refractivity contribution >= 4 is 29.9 Å². The Labute approximate surface area is 212 Å². The van der Waals surface area contributed by atoms with Gasteiger partial charge in [0.25, 0.3) is 0 Å². The Morgan fingerprint density at radius 2 is 1.67 bits per heavy atom. The number of rotatable bonds is 9. The summed E-state index contributed by atoms with van der Waals surface area (Å²) in [6.07, 6.45) is 0. The summed E-state index contributed by atoms with van der Waals surface area (Å²) < 4.78 is 29.8. The molecule has 0 amide bonds. The number of benzene rings is 2. The summed E-state index contributed by atoms with van der Waals surface area (Å²) >= 11 is 0. The van der Waals surface area contributed by atoms with Crippen LogP contribution in [0.25, 0.3) is 0 Å². The fourth-order valence-electron chi connectivity index (χ4n) is 3.57. The van der Waals surface area contributed by atoms with Crippen LogP contribution in [0.15, 0.2) is 53.5 Å². The quantitative estimate of drug-likeness (QED) is 0.271. The number of aliphatic imine (C=N–C) groups is 1. The highest BCUT2D eigenvalue weighted by atomic mass is 127. The van der Waals surface area contributed by atoms with Gasteiger partial charge >= 0.3 is 6.61 Å². The van der Waals surface area contributed by atoms with Crippen LogP contribution in [-0.4, -0.2) is 62.1 Å². The fourth-order valence-corrected chi connectivity index (χ4v) is 3.57. The van der Waals surface area contributed by atoms with Gasteiger partial charge in [-0.2, -0.15) is 8.78 Å². The number of nitrogens with zero attached hydrogens (tertiary/aromatic N) is 3. The zero-order valence-corrected chi connectivity index (χ0v) is 21.6. The normalized spacial score (nSPS) is 15.2. The summed E-state index contributed by atoms with van der Waals surface area (Å²) in [4.78, 5) is 9.47. The van der Waals surface area contributed by atoms with Gasteiger partial charge in [-0.1, -0.05) is 42.5 Å². The molecule has 1 aliphatic heterocycles. The summed E-state index contributed by atoms with van der Waals surface area (Å²) in [7, 11) is 2.17. The van der Waals surface area contributed by atoms with Gasteiger partial charge in [0.1, 0.15) is 5.75 Å².